The number of ether oxygens (including phenoxy) is 1. The van der Waals surface area contributed by atoms with Gasteiger partial charge in [0.25, 0.3) is 11.6 Å². The van der Waals surface area contributed by atoms with Crippen molar-refractivity contribution >= 4 is 11.6 Å². The number of methoxy groups -OCH3 is 1. The number of carbonyl (C=O) groups is 1. The summed E-state index contributed by atoms with van der Waals surface area (Å²) >= 11 is 0. The molecule has 1 aliphatic heterocycles. The van der Waals surface area contributed by atoms with E-state index in [9.17, 15) is 14.9 Å². The average molecular weight is 369 g/mol. The summed E-state index contributed by atoms with van der Waals surface area (Å²) in [5, 5.41) is 10.9. The number of rotatable bonds is 5. The van der Waals surface area contributed by atoms with Gasteiger partial charge in [0.15, 0.2) is 0 Å². The highest BCUT2D eigenvalue weighted by Crippen LogP contribution is 2.18. The van der Waals surface area contributed by atoms with Gasteiger partial charge < -0.3 is 9.64 Å². The van der Waals surface area contributed by atoms with E-state index in [4.69, 9.17) is 4.74 Å². The number of benzene rings is 2. The van der Waals surface area contributed by atoms with Crippen LogP contribution in [0, 0.1) is 10.1 Å². The Hall–Kier alpha value is -2.93. The van der Waals surface area contributed by atoms with Gasteiger partial charge in [-0.2, -0.15) is 0 Å². The number of amides is 1. The summed E-state index contributed by atoms with van der Waals surface area (Å²) in [4.78, 5) is 27.4. The molecule has 0 unspecified atom stereocenters. The van der Waals surface area contributed by atoms with Gasteiger partial charge in [-0.1, -0.05) is 18.2 Å². The van der Waals surface area contributed by atoms with Crippen LogP contribution in [0.5, 0.6) is 5.75 Å². The van der Waals surface area contributed by atoms with Crippen LogP contribution in [-0.2, 0) is 6.54 Å². The monoisotopic (exact) mass is 369 g/mol. The van der Waals surface area contributed by atoms with Gasteiger partial charge in [0.1, 0.15) is 5.75 Å². The highest BCUT2D eigenvalue weighted by Gasteiger charge is 2.21. The van der Waals surface area contributed by atoms with Gasteiger partial charge in [0, 0.05) is 50.4 Å². The molecule has 27 heavy (non-hydrogen) atoms. The summed E-state index contributed by atoms with van der Waals surface area (Å²) < 4.78 is 5.20. The first-order valence-electron chi connectivity index (χ1n) is 8.96. The summed E-state index contributed by atoms with van der Waals surface area (Å²) in [5.41, 5.74) is 1.65. The Morgan fingerprint density at radius 1 is 1.11 bits per heavy atom. The Kier molecular flexibility index (Phi) is 6.03. The lowest BCUT2D eigenvalue weighted by Gasteiger charge is -2.22. The summed E-state index contributed by atoms with van der Waals surface area (Å²) in [6.07, 6.45) is 0.866. The minimum absolute atomic E-state index is 0.00565. The van der Waals surface area contributed by atoms with E-state index < -0.39 is 0 Å². The second-order valence-electron chi connectivity index (χ2n) is 6.58. The van der Waals surface area contributed by atoms with E-state index in [1.165, 1.54) is 6.07 Å². The molecule has 1 saturated heterocycles. The fraction of sp³-hybridized carbons (Fsp3) is 0.350. The summed E-state index contributed by atoms with van der Waals surface area (Å²) in [5.74, 6) is 0.675. The van der Waals surface area contributed by atoms with Gasteiger partial charge in [0.2, 0.25) is 0 Å². The van der Waals surface area contributed by atoms with E-state index in [1.807, 2.05) is 23.1 Å². The third-order valence-corrected chi connectivity index (χ3v) is 4.72. The maximum absolute atomic E-state index is 12.8. The number of nitrogens with zero attached hydrogens (tertiary/aromatic N) is 3. The van der Waals surface area contributed by atoms with Crippen LogP contribution in [0.15, 0.2) is 48.5 Å². The zero-order valence-electron chi connectivity index (χ0n) is 15.3. The van der Waals surface area contributed by atoms with Crippen molar-refractivity contribution in [2.75, 3.05) is 33.3 Å². The van der Waals surface area contributed by atoms with Crippen LogP contribution in [-0.4, -0.2) is 53.9 Å². The van der Waals surface area contributed by atoms with Gasteiger partial charge in [0.05, 0.1) is 12.0 Å². The van der Waals surface area contributed by atoms with E-state index in [2.05, 4.69) is 4.90 Å². The molecule has 0 saturated carbocycles. The fourth-order valence-corrected chi connectivity index (χ4v) is 3.30. The van der Waals surface area contributed by atoms with Crippen LogP contribution in [0.4, 0.5) is 5.69 Å². The molecule has 7 nitrogen and oxygen atoms in total. The lowest BCUT2D eigenvalue weighted by molar-refractivity contribution is -0.384. The molecule has 3 rings (SSSR count). The zero-order valence-corrected chi connectivity index (χ0v) is 15.3. The van der Waals surface area contributed by atoms with Crippen molar-refractivity contribution in [2.24, 2.45) is 0 Å². The molecule has 0 spiro atoms. The first kappa shape index (κ1) is 18.8. The largest absolute Gasteiger partial charge is 0.497 e. The molecule has 2 aromatic carbocycles. The van der Waals surface area contributed by atoms with Gasteiger partial charge >= 0.3 is 0 Å². The van der Waals surface area contributed by atoms with Gasteiger partial charge in [-0.25, -0.2) is 0 Å². The third-order valence-electron chi connectivity index (χ3n) is 4.72. The molecule has 0 atom stereocenters. The van der Waals surface area contributed by atoms with Crippen LogP contribution in [0.3, 0.4) is 0 Å². The smallest absolute Gasteiger partial charge is 0.269 e. The summed E-state index contributed by atoms with van der Waals surface area (Å²) in [6, 6.07) is 13.9. The van der Waals surface area contributed by atoms with Crippen LogP contribution in [0.1, 0.15) is 22.3 Å². The molecule has 1 heterocycles. The molecule has 142 valence electrons. The van der Waals surface area contributed by atoms with Crippen molar-refractivity contribution in [3.63, 3.8) is 0 Å². The maximum Gasteiger partial charge on any atom is 0.269 e. The van der Waals surface area contributed by atoms with E-state index >= 15 is 0 Å². The molecule has 0 aromatic heterocycles. The van der Waals surface area contributed by atoms with Crippen LogP contribution >= 0.6 is 0 Å². The molecule has 2 aromatic rings. The molecule has 0 aliphatic carbocycles. The SMILES string of the molecule is COc1cccc(C(=O)N2CCCN(Cc3cccc([N+](=O)[O-])c3)CC2)c1. The molecule has 1 amide bonds. The Bertz CT molecular complexity index is 824. The minimum Gasteiger partial charge on any atom is -0.497 e. The van der Waals surface area contributed by atoms with Crippen molar-refractivity contribution in [2.45, 2.75) is 13.0 Å². The molecular formula is C20H23N3O4. The molecule has 1 aliphatic rings. The quantitative estimate of drug-likeness (QED) is 0.598. The number of nitro benzene ring substituents is 1. The number of non-ortho nitro benzene ring substituents is 1. The zero-order chi connectivity index (χ0) is 19.2. The Morgan fingerprint density at radius 2 is 1.93 bits per heavy atom. The lowest BCUT2D eigenvalue weighted by atomic mass is 10.2. The Morgan fingerprint density at radius 3 is 2.70 bits per heavy atom. The van der Waals surface area contributed by atoms with Crippen LogP contribution in [0.2, 0.25) is 0 Å². The van der Waals surface area contributed by atoms with Gasteiger partial charge in [-0.15, -0.1) is 0 Å². The minimum atomic E-state index is -0.375. The van der Waals surface area contributed by atoms with E-state index in [0.717, 1.165) is 25.1 Å². The van der Waals surface area contributed by atoms with E-state index in [1.54, 1.807) is 31.4 Å². The molecule has 0 radical (unpaired) electrons. The number of hydrogen-bond donors (Lipinski definition) is 0. The maximum atomic E-state index is 12.8. The normalized spacial score (nSPS) is 15.2. The molecule has 0 N–H and O–H groups in total. The predicted octanol–water partition coefficient (Wildman–Crippen LogP) is 2.95. The number of carbonyl (C=O) groups excluding carboxylic acids is 1. The number of hydrogen-bond acceptors (Lipinski definition) is 5. The summed E-state index contributed by atoms with van der Waals surface area (Å²) in [7, 11) is 1.58. The van der Waals surface area contributed by atoms with Crippen molar-refractivity contribution in [1.82, 2.24) is 9.80 Å². The van der Waals surface area contributed by atoms with Gasteiger partial charge in [-0.3, -0.25) is 19.8 Å². The van der Waals surface area contributed by atoms with E-state index in [0.29, 0.717) is 30.9 Å². The third kappa shape index (κ3) is 4.83. The van der Waals surface area contributed by atoms with Crippen molar-refractivity contribution in [1.29, 1.82) is 0 Å². The Labute approximate surface area is 158 Å². The highest BCUT2D eigenvalue weighted by atomic mass is 16.6. The molecular weight excluding hydrogens is 346 g/mol. The van der Waals surface area contributed by atoms with Crippen LogP contribution < -0.4 is 4.74 Å². The topological polar surface area (TPSA) is 75.9 Å². The first-order valence-corrected chi connectivity index (χ1v) is 8.96. The van der Waals surface area contributed by atoms with E-state index in [-0.39, 0.29) is 16.5 Å². The van der Waals surface area contributed by atoms with Crippen molar-refractivity contribution < 1.29 is 14.5 Å². The fourth-order valence-electron chi connectivity index (χ4n) is 3.30. The lowest BCUT2D eigenvalue weighted by Crippen LogP contribution is -2.35. The first-order chi connectivity index (χ1) is 13.1. The molecule has 7 heteroatoms. The average Bonchev–Trinajstić information content (AvgIpc) is 2.93. The van der Waals surface area contributed by atoms with Crippen molar-refractivity contribution in [3.05, 3.63) is 69.8 Å². The number of nitro groups is 1. The second kappa shape index (κ2) is 8.64. The predicted molar refractivity (Wildman–Crippen MR) is 102 cm³/mol. The molecule has 1 fully saturated rings. The highest BCUT2D eigenvalue weighted by molar-refractivity contribution is 5.94. The molecule has 0 bridgehead atoms. The summed E-state index contributed by atoms with van der Waals surface area (Å²) in [6.45, 7) is 3.55. The van der Waals surface area contributed by atoms with Gasteiger partial charge in [-0.05, 0) is 30.2 Å². The standard InChI is InChI=1S/C20H23N3O4/c1-27-19-8-3-6-17(14-19)20(24)22-10-4-9-21(11-12-22)15-16-5-2-7-18(13-16)23(25)26/h2-3,5-8,13-14H,4,9-12,15H2,1H3. The Balaban J connectivity index is 1.62. The second-order valence-corrected chi connectivity index (χ2v) is 6.58. The van der Waals surface area contributed by atoms with Crippen molar-refractivity contribution in [3.8, 4) is 5.75 Å². The van der Waals surface area contributed by atoms with Crippen LogP contribution in [0.25, 0.3) is 0 Å².